The van der Waals surface area contributed by atoms with E-state index >= 15 is 0 Å². The molecule has 0 radical (unpaired) electrons. The highest BCUT2D eigenvalue weighted by Gasteiger charge is 2.42. The van der Waals surface area contributed by atoms with Crippen molar-refractivity contribution in [2.75, 3.05) is 12.3 Å². The van der Waals surface area contributed by atoms with E-state index in [1.165, 1.54) is 0 Å². The average Bonchev–Trinajstić information content (AvgIpc) is 3.49. The summed E-state index contributed by atoms with van der Waals surface area (Å²) in [6.07, 6.45) is 4.96. The van der Waals surface area contributed by atoms with Crippen LogP contribution in [0.25, 0.3) is 0 Å². The van der Waals surface area contributed by atoms with Crippen LogP contribution in [0.4, 0.5) is 18.0 Å². The first-order valence-corrected chi connectivity index (χ1v) is 15.2. The molecule has 2 saturated heterocycles. The van der Waals surface area contributed by atoms with Crippen molar-refractivity contribution in [2.24, 2.45) is 5.92 Å². The zero-order chi connectivity index (χ0) is 30.8. The van der Waals surface area contributed by atoms with Crippen molar-refractivity contribution in [3.63, 3.8) is 0 Å². The Kier molecular flexibility index (Phi) is 12.5. The fourth-order valence-corrected chi connectivity index (χ4v) is 6.52. The van der Waals surface area contributed by atoms with Gasteiger partial charge in [0.05, 0.1) is 23.7 Å². The van der Waals surface area contributed by atoms with Gasteiger partial charge in [-0.05, 0) is 44.1 Å². The summed E-state index contributed by atoms with van der Waals surface area (Å²) >= 11 is 1.84. The Hall–Kier alpha value is -3.29. The van der Waals surface area contributed by atoms with E-state index in [4.69, 9.17) is 0 Å². The summed E-state index contributed by atoms with van der Waals surface area (Å²) in [5.74, 6) is -5.50. The van der Waals surface area contributed by atoms with E-state index in [2.05, 4.69) is 26.6 Å². The van der Waals surface area contributed by atoms with Gasteiger partial charge in [0, 0.05) is 30.0 Å². The van der Waals surface area contributed by atoms with Gasteiger partial charge in [0.2, 0.25) is 11.8 Å². The number of nitrogens with one attached hydrogen (secondary N) is 5. The standard InChI is InChI=1S/C28H38F3N5O5S/c1-15(2)24(35-26(39)17-11-19(30)20(31)12-18(17)29)27(40)33-16(13-37)7-5-6-10-32-23(38)9-4-3-8-22-25-21(14-42-22)34-28(41)36-25/h11-13,15-16,21-22,24-25H,3-10,14H2,1-2H3,(H,32,38)(H,33,40)(H,35,39)(H2,34,36,41)/t16-,21-,22-,24-,25-/m0/s1. The molecule has 0 spiro atoms. The minimum Gasteiger partial charge on any atom is -0.356 e. The molecule has 2 aliphatic rings. The number of thioether (sulfide) groups is 1. The Morgan fingerprint density at radius 2 is 1.76 bits per heavy atom. The number of halogens is 3. The van der Waals surface area contributed by atoms with E-state index in [9.17, 15) is 37.1 Å². The second-order valence-corrected chi connectivity index (χ2v) is 12.2. The van der Waals surface area contributed by atoms with Crippen LogP contribution in [-0.2, 0) is 14.4 Å². The quantitative estimate of drug-likeness (QED) is 0.0839. The SMILES string of the molecule is CC(C)[C@H](NC(=O)c1cc(F)c(F)cc1F)C(=O)N[C@H](C=O)CCCCNC(=O)CCCC[C@@H]1SC[C@@H]2NC(=O)N[C@@H]21. The molecule has 2 aliphatic heterocycles. The lowest BCUT2D eigenvalue weighted by molar-refractivity contribution is -0.126. The van der Waals surface area contributed by atoms with Crippen LogP contribution in [0.15, 0.2) is 12.1 Å². The van der Waals surface area contributed by atoms with Gasteiger partial charge in [-0.2, -0.15) is 11.8 Å². The number of rotatable bonds is 16. The van der Waals surface area contributed by atoms with Gasteiger partial charge in [0.15, 0.2) is 11.6 Å². The molecule has 5 N–H and O–H groups in total. The number of carbonyl (C=O) groups excluding carboxylic acids is 5. The molecule has 5 amide bonds. The number of hydrogen-bond donors (Lipinski definition) is 5. The molecule has 0 saturated carbocycles. The molecule has 0 unspecified atom stereocenters. The van der Waals surface area contributed by atoms with E-state index in [-0.39, 0.29) is 30.1 Å². The van der Waals surface area contributed by atoms with E-state index in [0.29, 0.717) is 49.8 Å². The maximum absolute atomic E-state index is 14.0. The summed E-state index contributed by atoms with van der Waals surface area (Å²) < 4.78 is 40.7. The molecular weight excluding hydrogens is 575 g/mol. The number of hydrogen-bond acceptors (Lipinski definition) is 6. The Labute approximate surface area is 247 Å². The summed E-state index contributed by atoms with van der Waals surface area (Å²) in [5, 5.41) is 14.0. The first-order chi connectivity index (χ1) is 20.0. The number of urea groups is 1. The van der Waals surface area contributed by atoms with E-state index < -0.39 is 52.8 Å². The monoisotopic (exact) mass is 613 g/mol. The zero-order valence-electron chi connectivity index (χ0n) is 23.6. The van der Waals surface area contributed by atoms with Crippen LogP contribution in [0.5, 0.6) is 0 Å². The molecule has 0 aliphatic carbocycles. The van der Waals surface area contributed by atoms with Crippen LogP contribution >= 0.6 is 11.8 Å². The van der Waals surface area contributed by atoms with Gasteiger partial charge >= 0.3 is 6.03 Å². The Morgan fingerprint density at radius 1 is 1.02 bits per heavy atom. The van der Waals surface area contributed by atoms with Crippen LogP contribution in [0.3, 0.4) is 0 Å². The van der Waals surface area contributed by atoms with Crippen molar-refractivity contribution in [3.05, 3.63) is 35.1 Å². The van der Waals surface area contributed by atoms with Crippen LogP contribution in [-0.4, -0.2) is 71.8 Å². The highest BCUT2D eigenvalue weighted by Crippen LogP contribution is 2.33. The smallest absolute Gasteiger partial charge is 0.315 e. The van der Waals surface area contributed by atoms with Crippen LogP contribution in [0, 0.1) is 23.4 Å². The fourth-order valence-electron chi connectivity index (χ4n) is 4.98. The summed E-state index contributed by atoms with van der Waals surface area (Å²) in [6, 6.07) is -1.11. The van der Waals surface area contributed by atoms with Crippen molar-refractivity contribution in [3.8, 4) is 0 Å². The number of amides is 5. The normalized spacial score (nSPS) is 20.7. The predicted molar refractivity (Wildman–Crippen MR) is 151 cm³/mol. The third-order valence-electron chi connectivity index (χ3n) is 7.33. The van der Waals surface area contributed by atoms with Crippen LogP contribution < -0.4 is 26.6 Å². The third kappa shape index (κ3) is 9.36. The van der Waals surface area contributed by atoms with Crippen molar-refractivity contribution >= 4 is 41.8 Å². The van der Waals surface area contributed by atoms with Gasteiger partial charge in [-0.25, -0.2) is 18.0 Å². The largest absolute Gasteiger partial charge is 0.356 e. The van der Waals surface area contributed by atoms with Crippen molar-refractivity contribution in [1.29, 1.82) is 0 Å². The first kappa shape index (κ1) is 33.2. The highest BCUT2D eigenvalue weighted by molar-refractivity contribution is 8.00. The molecule has 5 atom stereocenters. The minimum atomic E-state index is -1.44. The second-order valence-electron chi connectivity index (χ2n) is 10.9. The average molecular weight is 614 g/mol. The number of fused-ring (bicyclic) bond motifs is 1. The lowest BCUT2D eigenvalue weighted by Gasteiger charge is -2.24. The van der Waals surface area contributed by atoms with Crippen LogP contribution in [0.1, 0.15) is 69.2 Å². The maximum atomic E-state index is 14.0. The molecule has 0 bridgehead atoms. The fraction of sp³-hybridized carbons (Fsp3) is 0.607. The highest BCUT2D eigenvalue weighted by atomic mass is 32.2. The zero-order valence-corrected chi connectivity index (χ0v) is 24.5. The molecule has 2 fully saturated rings. The van der Waals surface area contributed by atoms with Gasteiger partial charge in [-0.15, -0.1) is 0 Å². The molecule has 42 heavy (non-hydrogen) atoms. The van der Waals surface area contributed by atoms with E-state index in [1.807, 2.05) is 11.8 Å². The van der Waals surface area contributed by atoms with Crippen molar-refractivity contribution in [2.45, 2.75) is 88.2 Å². The summed E-state index contributed by atoms with van der Waals surface area (Å²) in [6.45, 7) is 3.67. The summed E-state index contributed by atoms with van der Waals surface area (Å²) in [4.78, 5) is 60.4. The molecule has 0 aromatic heterocycles. The molecule has 232 valence electrons. The van der Waals surface area contributed by atoms with Gasteiger partial charge in [0.25, 0.3) is 5.91 Å². The van der Waals surface area contributed by atoms with Crippen molar-refractivity contribution < 1.29 is 37.1 Å². The lowest BCUT2D eigenvalue weighted by atomic mass is 10.0. The van der Waals surface area contributed by atoms with Crippen LogP contribution in [0.2, 0.25) is 0 Å². The van der Waals surface area contributed by atoms with Gasteiger partial charge < -0.3 is 31.4 Å². The van der Waals surface area contributed by atoms with E-state index in [1.54, 1.807) is 13.8 Å². The van der Waals surface area contributed by atoms with Gasteiger partial charge in [-0.1, -0.05) is 20.3 Å². The Bertz CT molecular complexity index is 1160. The number of aldehydes is 1. The topological polar surface area (TPSA) is 146 Å². The molecule has 1 aromatic carbocycles. The van der Waals surface area contributed by atoms with E-state index in [0.717, 1.165) is 25.0 Å². The Balaban J connectivity index is 1.32. The number of benzene rings is 1. The number of unbranched alkanes of at least 4 members (excludes halogenated alkanes) is 2. The second kappa shape index (κ2) is 15.8. The first-order valence-electron chi connectivity index (χ1n) is 14.2. The Morgan fingerprint density at radius 3 is 2.48 bits per heavy atom. The molecule has 1 aromatic rings. The number of carbonyl (C=O) groups is 5. The molecule has 3 rings (SSSR count). The summed E-state index contributed by atoms with van der Waals surface area (Å²) in [5.41, 5.74) is -0.746. The third-order valence-corrected chi connectivity index (χ3v) is 8.84. The molecule has 10 nitrogen and oxygen atoms in total. The molecule has 2 heterocycles. The van der Waals surface area contributed by atoms with Gasteiger partial charge in [0.1, 0.15) is 18.1 Å². The molecular formula is C28H38F3N5O5S. The van der Waals surface area contributed by atoms with Crippen molar-refractivity contribution in [1.82, 2.24) is 26.6 Å². The summed E-state index contributed by atoms with van der Waals surface area (Å²) in [7, 11) is 0. The lowest BCUT2D eigenvalue weighted by Crippen LogP contribution is -2.52. The van der Waals surface area contributed by atoms with Gasteiger partial charge in [-0.3, -0.25) is 14.4 Å². The maximum Gasteiger partial charge on any atom is 0.315 e. The predicted octanol–water partition coefficient (Wildman–Crippen LogP) is 2.55. The molecule has 14 heteroatoms. The minimum absolute atomic E-state index is 0.0592.